The molecule has 6 nitrogen and oxygen atoms in total. The smallest absolute Gasteiger partial charge is 0.747 e. The maximum atomic E-state index is 10.8. The summed E-state index contributed by atoms with van der Waals surface area (Å²) in [4.78, 5) is 1.27. The number of aliphatic hydroxyl groups excluding tert-OH is 2. The van der Waals surface area contributed by atoms with Crippen molar-refractivity contribution in [3.8, 4) is 0 Å². The molecule has 0 aliphatic carbocycles. The Hall–Kier alpha value is 0.790. The van der Waals surface area contributed by atoms with Crippen LogP contribution in [-0.2, 0) is 10.1 Å². The average Bonchev–Trinajstić information content (AvgIpc) is 2.03. The molecule has 0 heterocycles. The van der Waals surface area contributed by atoms with Crippen LogP contribution < -0.4 is 29.6 Å². The van der Waals surface area contributed by atoms with Crippen LogP contribution in [0.15, 0.2) is 0 Å². The Morgan fingerprint density at radius 2 is 1.67 bits per heavy atom. The predicted octanol–water partition coefficient (Wildman–Crippen LogP) is -4.44. The fraction of sp³-hybridized carbons (Fsp3) is 1.00. The van der Waals surface area contributed by atoms with Crippen LogP contribution in [0.4, 0.5) is 0 Å². The van der Waals surface area contributed by atoms with Gasteiger partial charge in [-0.3, -0.25) is 4.90 Å². The summed E-state index contributed by atoms with van der Waals surface area (Å²) in [6.45, 7) is 1.22. The van der Waals surface area contributed by atoms with E-state index in [1.807, 2.05) is 0 Å². The molecule has 0 aromatic heterocycles. The molecule has 0 saturated carbocycles. The summed E-state index contributed by atoms with van der Waals surface area (Å²) in [6, 6.07) is 0. The van der Waals surface area contributed by atoms with Gasteiger partial charge in [0.05, 0.1) is 13.2 Å². The van der Waals surface area contributed by atoms with Crippen LogP contribution in [0, 0.1) is 0 Å². The molecule has 86 valence electrons. The summed E-state index contributed by atoms with van der Waals surface area (Å²) < 4.78 is 32.4. The van der Waals surface area contributed by atoms with E-state index in [1.54, 1.807) is 6.92 Å². The molecule has 0 fully saturated rings. The standard InChI is InChI=1S/C7H17NO5S.Na/c1-2-7(14(11,12)13)8(3-5-9)4-6-10;/h7,9-10H,2-6H2,1H3,(H,11,12,13);/q;+1/p-1. The largest absolute Gasteiger partial charge is 1.00 e. The van der Waals surface area contributed by atoms with E-state index < -0.39 is 15.5 Å². The van der Waals surface area contributed by atoms with E-state index in [0.717, 1.165) is 0 Å². The minimum absolute atomic E-state index is 0. The topological polar surface area (TPSA) is 101 Å². The van der Waals surface area contributed by atoms with Crippen LogP contribution in [0.5, 0.6) is 0 Å². The number of nitrogens with zero attached hydrogens (tertiary/aromatic N) is 1. The van der Waals surface area contributed by atoms with Gasteiger partial charge in [-0.2, -0.15) is 0 Å². The summed E-state index contributed by atoms with van der Waals surface area (Å²) in [5.41, 5.74) is 0. The Bertz CT molecular complexity index is 240. The van der Waals surface area contributed by atoms with Gasteiger partial charge in [-0.15, -0.1) is 0 Å². The van der Waals surface area contributed by atoms with Gasteiger partial charge in [0.1, 0.15) is 15.5 Å². The summed E-state index contributed by atoms with van der Waals surface area (Å²) in [6.07, 6.45) is 0.145. The first-order valence-corrected chi connectivity index (χ1v) is 5.85. The number of hydrogen-bond donors (Lipinski definition) is 2. The first-order chi connectivity index (χ1) is 6.47. The normalized spacial score (nSPS) is 13.7. The molecule has 8 heteroatoms. The molecule has 0 aliphatic heterocycles. The molecule has 0 amide bonds. The van der Waals surface area contributed by atoms with Crippen LogP contribution >= 0.6 is 0 Å². The van der Waals surface area contributed by atoms with Crippen molar-refractivity contribution in [2.45, 2.75) is 18.7 Å². The van der Waals surface area contributed by atoms with Gasteiger partial charge in [-0.05, 0) is 6.42 Å². The molecule has 2 N–H and O–H groups in total. The molecule has 15 heavy (non-hydrogen) atoms. The molecule has 0 rings (SSSR count). The number of rotatable bonds is 7. The molecule has 1 atom stereocenters. The molecule has 0 radical (unpaired) electrons. The number of hydrogen-bond acceptors (Lipinski definition) is 6. The van der Waals surface area contributed by atoms with Crippen LogP contribution in [0.1, 0.15) is 13.3 Å². The van der Waals surface area contributed by atoms with E-state index in [1.165, 1.54) is 4.90 Å². The van der Waals surface area contributed by atoms with Crippen LogP contribution in [0.25, 0.3) is 0 Å². The Morgan fingerprint density at radius 1 is 1.27 bits per heavy atom. The first kappa shape index (κ1) is 18.2. The second-order valence-corrected chi connectivity index (χ2v) is 4.37. The van der Waals surface area contributed by atoms with Gasteiger partial charge in [0.2, 0.25) is 0 Å². The predicted molar refractivity (Wildman–Crippen MR) is 49.5 cm³/mol. The quantitative estimate of drug-likeness (QED) is 0.349. The summed E-state index contributed by atoms with van der Waals surface area (Å²) in [7, 11) is -4.40. The molecule has 0 aromatic rings. The second kappa shape index (κ2) is 8.89. The molecule has 0 spiro atoms. The molecule has 0 aliphatic rings. The van der Waals surface area contributed by atoms with Crippen molar-refractivity contribution in [1.82, 2.24) is 4.90 Å². The summed E-state index contributed by atoms with van der Waals surface area (Å²) in [5.74, 6) is 0. The maximum Gasteiger partial charge on any atom is 1.00 e. The zero-order chi connectivity index (χ0) is 11.2. The minimum atomic E-state index is -4.40. The molecule has 0 bridgehead atoms. The van der Waals surface area contributed by atoms with Gasteiger partial charge in [0, 0.05) is 13.1 Å². The van der Waals surface area contributed by atoms with Crippen molar-refractivity contribution in [1.29, 1.82) is 0 Å². The van der Waals surface area contributed by atoms with Crippen molar-refractivity contribution in [2.24, 2.45) is 0 Å². The first-order valence-electron chi connectivity index (χ1n) is 4.37. The third-order valence-electron chi connectivity index (χ3n) is 1.86. The average molecular weight is 249 g/mol. The van der Waals surface area contributed by atoms with Crippen molar-refractivity contribution in [3.63, 3.8) is 0 Å². The molecule has 1 unspecified atom stereocenters. The Balaban J connectivity index is 0. The van der Waals surface area contributed by atoms with Crippen LogP contribution in [-0.4, -0.2) is 59.8 Å². The Kier molecular flexibility index (Phi) is 10.8. The third kappa shape index (κ3) is 6.85. The molecule has 0 aromatic carbocycles. The summed E-state index contributed by atoms with van der Waals surface area (Å²) >= 11 is 0. The Morgan fingerprint density at radius 3 is 1.87 bits per heavy atom. The second-order valence-electron chi connectivity index (χ2n) is 2.84. The fourth-order valence-electron chi connectivity index (χ4n) is 1.30. The van der Waals surface area contributed by atoms with Crippen LogP contribution in [0.2, 0.25) is 0 Å². The van der Waals surface area contributed by atoms with Crippen molar-refractivity contribution < 1.29 is 52.7 Å². The number of aliphatic hydroxyl groups is 2. The van der Waals surface area contributed by atoms with E-state index >= 15 is 0 Å². The Labute approximate surface area is 112 Å². The van der Waals surface area contributed by atoms with Gasteiger partial charge in [0.25, 0.3) is 0 Å². The van der Waals surface area contributed by atoms with Crippen molar-refractivity contribution in [2.75, 3.05) is 26.3 Å². The van der Waals surface area contributed by atoms with Gasteiger partial charge in [-0.25, -0.2) is 8.42 Å². The van der Waals surface area contributed by atoms with Crippen molar-refractivity contribution in [3.05, 3.63) is 0 Å². The van der Waals surface area contributed by atoms with Crippen molar-refractivity contribution >= 4 is 10.1 Å². The van der Waals surface area contributed by atoms with Crippen LogP contribution in [0.3, 0.4) is 0 Å². The van der Waals surface area contributed by atoms with Gasteiger partial charge >= 0.3 is 29.6 Å². The van der Waals surface area contributed by atoms with E-state index in [9.17, 15) is 13.0 Å². The van der Waals surface area contributed by atoms with E-state index in [0.29, 0.717) is 0 Å². The molecular weight excluding hydrogens is 233 g/mol. The van der Waals surface area contributed by atoms with E-state index in [2.05, 4.69) is 0 Å². The monoisotopic (exact) mass is 249 g/mol. The third-order valence-corrected chi connectivity index (χ3v) is 3.16. The zero-order valence-electron chi connectivity index (χ0n) is 9.09. The SMILES string of the molecule is CCC(N(CCO)CCO)S(=O)(=O)[O-].[Na+]. The van der Waals surface area contributed by atoms with E-state index in [4.69, 9.17) is 10.2 Å². The molecule has 0 saturated heterocycles. The maximum absolute atomic E-state index is 10.8. The summed E-state index contributed by atoms with van der Waals surface area (Å²) in [5, 5.41) is 16.1. The van der Waals surface area contributed by atoms with Gasteiger partial charge < -0.3 is 14.8 Å². The zero-order valence-corrected chi connectivity index (χ0v) is 11.9. The minimum Gasteiger partial charge on any atom is -0.747 e. The molecular formula is C7H16NNaO5S. The van der Waals surface area contributed by atoms with E-state index in [-0.39, 0.29) is 62.3 Å². The van der Waals surface area contributed by atoms with Gasteiger partial charge in [-0.1, -0.05) is 6.92 Å². The fourth-order valence-corrected chi connectivity index (χ4v) is 2.29. The van der Waals surface area contributed by atoms with Gasteiger partial charge in [0.15, 0.2) is 0 Å².